The van der Waals surface area contributed by atoms with Gasteiger partial charge in [-0.15, -0.1) is 0 Å². The zero-order valence-electron chi connectivity index (χ0n) is 7.75. The minimum atomic E-state index is 0.273. The molecular weight excluding hydrogens is 148 g/mol. The third-order valence-corrected chi connectivity index (χ3v) is 2.21. The first-order valence-electron chi connectivity index (χ1n) is 4.41. The molecule has 0 bridgehead atoms. The van der Waals surface area contributed by atoms with Crippen LogP contribution >= 0.6 is 0 Å². The summed E-state index contributed by atoms with van der Waals surface area (Å²) in [5, 5.41) is 8.75. The fraction of sp³-hybridized carbons (Fsp3) is 0.455. The molecule has 1 heteroatoms. The van der Waals surface area contributed by atoms with Crippen molar-refractivity contribution < 1.29 is 5.11 Å². The van der Waals surface area contributed by atoms with E-state index in [9.17, 15) is 0 Å². The Hall–Kier alpha value is -0.820. The van der Waals surface area contributed by atoms with Crippen LogP contribution in [0.3, 0.4) is 0 Å². The maximum Gasteiger partial charge on any atom is 0.0436 e. The molecule has 0 saturated carbocycles. The van der Waals surface area contributed by atoms with E-state index in [1.165, 1.54) is 11.1 Å². The number of aliphatic hydroxyl groups excluding tert-OH is 1. The van der Waals surface area contributed by atoms with Gasteiger partial charge in [-0.1, -0.05) is 36.8 Å². The van der Waals surface area contributed by atoms with E-state index in [-0.39, 0.29) is 6.61 Å². The predicted octanol–water partition coefficient (Wildman–Crippen LogP) is 2.48. The zero-order valence-corrected chi connectivity index (χ0v) is 7.75. The summed E-state index contributed by atoms with van der Waals surface area (Å²) in [7, 11) is 0. The van der Waals surface area contributed by atoms with Crippen LogP contribution in [-0.4, -0.2) is 11.7 Å². The second kappa shape index (κ2) is 4.27. The van der Waals surface area contributed by atoms with Gasteiger partial charge >= 0.3 is 0 Å². The molecule has 0 heterocycles. The third-order valence-electron chi connectivity index (χ3n) is 2.21. The average molecular weight is 164 g/mol. The monoisotopic (exact) mass is 164 g/mol. The summed E-state index contributed by atoms with van der Waals surface area (Å²) in [6, 6.07) is 8.50. The van der Waals surface area contributed by atoms with Gasteiger partial charge in [0.15, 0.2) is 0 Å². The summed E-state index contributed by atoms with van der Waals surface area (Å²) in [6.45, 7) is 4.50. The predicted molar refractivity (Wildman–Crippen MR) is 51.3 cm³/mol. The first kappa shape index (κ1) is 9.27. The summed E-state index contributed by atoms with van der Waals surface area (Å²) in [5.74, 6) is 0.468. The molecule has 1 rings (SSSR count). The van der Waals surface area contributed by atoms with Gasteiger partial charge in [0.2, 0.25) is 0 Å². The number of benzene rings is 1. The Kier molecular flexibility index (Phi) is 3.30. The molecule has 0 aromatic heterocycles. The lowest BCUT2D eigenvalue weighted by Gasteiger charge is -2.09. The van der Waals surface area contributed by atoms with Crippen LogP contribution in [0.4, 0.5) is 0 Å². The highest BCUT2D eigenvalue weighted by Crippen LogP contribution is 2.18. The van der Waals surface area contributed by atoms with Crippen molar-refractivity contribution in [2.75, 3.05) is 6.61 Å². The van der Waals surface area contributed by atoms with Crippen LogP contribution < -0.4 is 0 Å². The molecule has 1 aromatic carbocycles. The van der Waals surface area contributed by atoms with E-state index in [0.29, 0.717) is 5.92 Å². The van der Waals surface area contributed by atoms with Gasteiger partial charge in [0, 0.05) is 6.61 Å². The minimum Gasteiger partial charge on any atom is -0.396 e. The van der Waals surface area contributed by atoms with Gasteiger partial charge in [0.25, 0.3) is 0 Å². The molecule has 1 unspecified atom stereocenters. The van der Waals surface area contributed by atoms with Crippen molar-refractivity contribution in [3.05, 3.63) is 35.4 Å². The van der Waals surface area contributed by atoms with Crippen molar-refractivity contribution in [2.24, 2.45) is 0 Å². The van der Waals surface area contributed by atoms with Crippen LogP contribution in [0.5, 0.6) is 0 Å². The maximum atomic E-state index is 8.75. The second-order valence-electron chi connectivity index (χ2n) is 3.32. The van der Waals surface area contributed by atoms with Crippen LogP contribution in [0.15, 0.2) is 24.3 Å². The molecular formula is C11H16O. The molecule has 12 heavy (non-hydrogen) atoms. The van der Waals surface area contributed by atoms with Crippen LogP contribution in [0.1, 0.15) is 30.4 Å². The fourth-order valence-electron chi connectivity index (χ4n) is 1.26. The molecule has 0 amide bonds. The summed E-state index contributed by atoms with van der Waals surface area (Å²) in [4.78, 5) is 0. The van der Waals surface area contributed by atoms with Crippen LogP contribution in [-0.2, 0) is 0 Å². The van der Waals surface area contributed by atoms with E-state index in [2.05, 4.69) is 38.1 Å². The van der Waals surface area contributed by atoms with Gasteiger partial charge < -0.3 is 5.11 Å². The van der Waals surface area contributed by atoms with Crippen molar-refractivity contribution in [2.45, 2.75) is 26.2 Å². The van der Waals surface area contributed by atoms with Crippen LogP contribution in [0, 0.1) is 6.92 Å². The van der Waals surface area contributed by atoms with Crippen LogP contribution in [0.2, 0.25) is 0 Å². The molecule has 0 radical (unpaired) electrons. The van der Waals surface area contributed by atoms with Crippen LogP contribution in [0.25, 0.3) is 0 Å². The van der Waals surface area contributed by atoms with E-state index in [1.54, 1.807) is 0 Å². The Morgan fingerprint density at radius 2 is 1.83 bits per heavy atom. The molecule has 0 fully saturated rings. The first-order chi connectivity index (χ1) is 5.74. The Bertz CT molecular complexity index is 225. The lowest BCUT2D eigenvalue weighted by molar-refractivity contribution is 0.278. The highest BCUT2D eigenvalue weighted by molar-refractivity contribution is 5.23. The summed E-state index contributed by atoms with van der Waals surface area (Å²) in [6.07, 6.45) is 0.850. The molecule has 0 aliphatic carbocycles. The summed E-state index contributed by atoms with van der Waals surface area (Å²) < 4.78 is 0. The molecule has 0 spiro atoms. The van der Waals surface area contributed by atoms with Crippen molar-refractivity contribution in [1.29, 1.82) is 0 Å². The molecule has 1 atom stereocenters. The highest BCUT2D eigenvalue weighted by Gasteiger charge is 2.02. The second-order valence-corrected chi connectivity index (χ2v) is 3.32. The van der Waals surface area contributed by atoms with Crippen molar-refractivity contribution >= 4 is 0 Å². The highest BCUT2D eigenvalue weighted by atomic mass is 16.3. The lowest BCUT2D eigenvalue weighted by atomic mass is 9.97. The molecule has 1 N–H and O–H groups in total. The van der Waals surface area contributed by atoms with Crippen molar-refractivity contribution in [3.8, 4) is 0 Å². The van der Waals surface area contributed by atoms with Gasteiger partial charge in [0.05, 0.1) is 0 Å². The molecule has 1 nitrogen and oxygen atoms in total. The number of hydrogen-bond acceptors (Lipinski definition) is 1. The van der Waals surface area contributed by atoms with Crippen molar-refractivity contribution in [3.63, 3.8) is 0 Å². The van der Waals surface area contributed by atoms with E-state index in [1.807, 2.05) is 0 Å². The summed E-state index contributed by atoms with van der Waals surface area (Å²) >= 11 is 0. The van der Waals surface area contributed by atoms with Gasteiger partial charge in [0.1, 0.15) is 0 Å². The first-order valence-corrected chi connectivity index (χ1v) is 4.41. The van der Waals surface area contributed by atoms with Crippen molar-refractivity contribution in [1.82, 2.24) is 0 Å². The smallest absolute Gasteiger partial charge is 0.0436 e. The van der Waals surface area contributed by atoms with E-state index in [4.69, 9.17) is 5.11 Å². The summed E-state index contributed by atoms with van der Waals surface area (Å²) in [5.41, 5.74) is 2.60. The van der Waals surface area contributed by atoms with E-state index >= 15 is 0 Å². The third kappa shape index (κ3) is 2.35. The number of rotatable bonds is 3. The maximum absolute atomic E-state index is 8.75. The lowest BCUT2D eigenvalue weighted by Crippen LogP contribution is -1.96. The van der Waals surface area contributed by atoms with E-state index < -0.39 is 0 Å². The average Bonchev–Trinajstić information content (AvgIpc) is 2.06. The quantitative estimate of drug-likeness (QED) is 0.727. The normalized spacial score (nSPS) is 12.9. The van der Waals surface area contributed by atoms with E-state index in [0.717, 1.165) is 6.42 Å². The van der Waals surface area contributed by atoms with Gasteiger partial charge in [-0.25, -0.2) is 0 Å². The fourth-order valence-corrected chi connectivity index (χ4v) is 1.26. The van der Waals surface area contributed by atoms with Gasteiger partial charge in [-0.05, 0) is 24.8 Å². The number of hydrogen-bond donors (Lipinski definition) is 1. The SMILES string of the molecule is Cc1ccc(C(C)CCO)cc1. The topological polar surface area (TPSA) is 20.2 Å². The Balaban J connectivity index is 2.68. The Labute approximate surface area is 74.1 Å². The molecule has 0 saturated heterocycles. The Morgan fingerprint density at radius 3 is 2.33 bits per heavy atom. The molecule has 0 aliphatic rings. The Morgan fingerprint density at radius 1 is 1.25 bits per heavy atom. The number of aryl methyl sites for hydroxylation is 1. The molecule has 1 aromatic rings. The van der Waals surface area contributed by atoms with Gasteiger partial charge in [-0.3, -0.25) is 0 Å². The molecule has 66 valence electrons. The standard InChI is InChI=1S/C11H16O/c1-9-3-5-11(6-4-9)10(2)7-8-12/h3-6,10,12H,7-8H2,1-2H3. The minimum absolute atomic E-state index is 0.273. The number of aliphatic hydroxyl groups is 1. The zero-order chi connectivity index (χ0) is 8.97. The van der Waals surface area contributed by atoms with Gasteiger partial charge in [-0.2, -0.15) is 0 Å². The largest absolute Gasteiger partial charge is 0.396 e. The molecule has 0 aliphatic heterocycles.